The van der Waals surface area contributed by atoms with Gasteiger partial charge in [-0.2, -0.15) is 11.8 Å². The van der Waals surface area contributed by atoms with Crippen molar-refractivity contribution in [2.75, 3.05) is 18.1 Å². The molecule has 2 heterocycles. The standard InChI is InChI=1S/C15H25ClOS/c1-11-13(2-3-14(11)16)12-4-7-17-15(10-12)5-8-18-9-6-15/h11-14H,2-10H2,1H3. The van der Waals surface area contributed by atoms with E-state index in [0.717, 1.165) is 18.4 Å². The average Bonchev–Trinajstić information content (AvgIpc) is 2.71. The lowest BCUT2D eigenvalue weighted by molar-refractivity contribution is -0.112. The highest BCUT2D eigenvalue weighted by Crippen LogP contribution is 2.48. The van der Waals surface area contributed by atoms with Crippen molar-refractivity contribution in [3.05, 3.63) is 0 Å². The summed E-state index contributed by atoms with van der Waals surface area (Å²) < 4.78 is 6.21. The average molecular weight is 289 g/mol. The maximum absolute atomic E-state index is 6.42. The minimum Gasteiger partial charge on any atom is -0.375 e. The Kier molecular flexibility index (Phi) is 4.18. The van der Waals surface area contributed by atoms with E-state index in [1.165, 1.54) is 50.0 Å². The Labute approximate surface area is 120 Å². The molecule has 4 unspecified atom stereocenters. The second-order valence-electron chi connectivity index (χ2n) is 6.51. The molecule has 0 radical (unpaired) electrons. The third-order valence-electron chi connectivity index (χ3n) is 5.56. The van der Waals surface area contributed by atoms with Crippen LogP contribution in [0.3, 0.4) is 0 Å². The molecule has 0 aromatic heterocycles. The third-order valence-corrected chi connectivity index (χ3v) is 7.16. The lowest BCUT2D eigenvalue weighted by Gasteiger charge is -2.45. The van der Waals surface area contributed by atoms with Gasteiger partial charge in [-0.05, 0) is 67.8 Å². The largest absolute Gasteiger partial charge is 0.375 e. The molecule has 1 spiro atoms. The SMILES string of the molecule is CC1C(Cl)CCC1C1CCOC2(CCSCC2)C1. The molecule has 4 atom stereocenters. The van der Waals surface area contributed by atoms with Crippen molar-refractivity contribution in [1.29, 1.82) is 0 Å². The highest BCUT2D eigenvalue weighted by Gasteiger charge is 2.44. The molecule has 104 valence electrons. The van der Waals surface area contributed by atoms with E-state index < -0.39 is 0 Å². The Morgan fingerprint density at radius 1 is 1.17 bits per heavy atom. The fraction of sp³-hybridized carbons (Fsp3) is 1.00. The first-order valence-electron chi connectivity index (χ1n) is 7.56. The number of thioether (sulfide) groups is 1. The van der Waals surface area contributed by atoms with Gasteiger partial charge in [0.1, 0.15) is 0 Å². The molecule has 3 aliphatic rings. The van der Waals surface area contributed by atoms with E-state index >= 15 is 0 Å². The first kappa shape index (κ1) is 13.6. The molecule has 3 fully saturated rings. The molecular weight excluding hydrogens is 264 g/mol. The fourth-order valence-electron chi connectivity index (χ4n) is 4.33. The topological polar surface area (TPSA) is 9.23 Å². The Morgan fingerprint density at radius 3 is 2.61 bits per heavy atom. The molecule has 1 saturated carbocycles. The predicted octanol–water partition coefficient (Wildman–Crippen LogP) is 4.33. The molecule has 2 saturated heterocycles. The summed E-state index contributed by atoms with van der Waals surface area (Å²) in [5, 5.41) is 0.427. The second kappa shape index (κ2) is 5.54. The third kappa shape index (κ3) is 2.58. The van der Waals surface area contributed by atoms with Crippen LogP contribution in [0.2, 0.25) is 0 Å². The zero-order chi connectivity index (χ0) is 12.6. The van der Waals surface area contributed by atoms with E-state index in [2.05, 4.69) is 18.7 Å². The van der Waals surface area contributed by atoms with Crippen LogP contribution >= 0.6 is 23.4 Å². The summed E-state index contributed by atoms with van der Waals surface area (Å²) in [5.41, 5.74) is 0.248. The van der Waals surface area contributed by atoms with E-state index in [1.807, 2.05) is 0 Å². The Hall–Kier alpha value is 0.600. The van der Waals surface area contributed by atoms with Crippen LogP contribution in [-0.4, -0.2) is 29.1 Å². The van der Waals surface area contributed by atoms with Gasteiger partial charge in [0, 0.05) is 12.0 Å². The molecule has 0 aromatic rings. The van der Waals surface area contributed by atoms with Gasteiger partial charge < -0.3 is 4.74 Å². The van der Waals surface area contributed by atoms with Gasteiger partial charge >= 0.3 is 0 Å². The van der Waals surface area contributed by atoms with E-state index in [1.54, 1.807) is 0 Å². The van der Waals surface area contributed by atoms with Crippen LogP contribution in [-0.2, 0) is 4.74 Å². The number of alkyl halides is 1. The molecule has 0 aromatic carbocycles. The minimum absolute atomic E-state index is 0.248. The first-order valence-corrected chi connectivity index (χ1v) is 9.15. The second-order valence-corrected chi connectivity index (χ2v) is 8.30. The van der Waals surface area contributed by atoms with Crippen molar-refractivity contribution in [3.63, 3.8) is 0 Å². The Balaban J connectivity index is 1.66. The van der Waals surface area contributed by atoms with E-state index in [0.29, 0.717) is 11.3 Å². The van der Waals surface area contributed by atoms with Crippen molar-refractivity contribution < 1.29 is 4.74 Å². The summed E-state index contributed by atoms with van der Waals surface area (Å²) in [6.45, 7) is 3.36. The summed E-state index contributed by atoms with van der Waals surface area (Å²) in [5.74, 6) is 5.05. The van der Waals surface area contributed by atoms with Crippen LogP contribution in [0.15, 0.2) is 0 Å². The first-order chi connectivity index (χ1) is 8.70. The number of rotatable bonds is 1. The van der Waals surface area contributed by atoms with Gasteiger partial charge in [-0.1, -0.05) is 6.92 Å². The maximum Gasteiger partial charge on any atom is 0.0701 e. The zero-order valence-corrected chi connectivity index (χ0v) is 12.9. The van der Waals surface area contributed by atoms with Gasteiger partial charge in [-0.3, -0.25) is 0 Å². The monoisotopic (exact) mass is 288 g/mol. The van der Waals surface area contributed by atoms with Gasteiger partial charge in [0.2, 0.25) is 0 Å². The highest BCUT2D eigenvalue weighted by atomic mass is 35.5. The highest BCUT2D eigenvalue weighted by molar-refractivity contribution is 7.99. The van der Waals surface area contributed by atoms with E-state index in [4.69, 9.17) is 16.3 Å². The Morgan fingerprint density at radius 2 is 1.94 bits per heavy atom. The molecule has 0 N–H and O–H groups in total. The molecule has 3 rings (SSSR count). The summed E-state index contributed by atoms with van der Waals surface area (Å²) >= 11 is 8.52. The van der Waals surface area contributed by atoms with Crippen LogP contribution in [0.4, 0.5) is 0 Å². The van der Waals surface area contributed by atoms with E-state index in [9.17, 15) is 0 Å². The molecule has 3 heteroatoms. The molecule has 0 bridgehead atoms. The van der Waals surface area contributed by atoms with Gasteiger partial charge in [0.15, 0.2) is 0 Å². The van der Waals surface area contributed by atoms with Crippen LogP contribution in [0.5, 0.6) is 0 Å². The molecule has 2 aliphatic heterocycles. The summed E-state index contributed by atoms with van der Waals surface area (Å²) in [4.78, 5) is 0. The molecular formula is C15H25ClOS. The molecule has 18 heavy (non-hydrogen) atoms. The lowest BCUT2D eigenvalue weighted by Crippen LogP contribution is -2.44. The van der Waals surface area contributed by atoms with Gasteiger partial charge in [-0.25, -0.2) is 0 Å². The van der Waals surface area contributed by atoms with Gasteiger partial charge in [-0.15, -0.1) is 11.6 Å². The van der Waals surface area contributed by atoms with Crippen LogP contribution in [0, 0.1) is 17.8 Å². The molecule has 1 nitrogen and oxygen atoms in total. The number of halogens is 1. The zero-order valence-electron chi connectivity index (χ0n) is 11.4. The number of ether oxygens (including phenoxy) is 1. The van der Waals surface area contributed by atoms with Crippen LogP contribution in [0.1, 0.15) is 45.4 Å². The van der Waals surface area contributed by atoms with Gasteiger partial charge in [0.25, 0.3) is 0 Å². The van der Waals surface area contributed by atoms with Crippen molar-refractivity contribution in [2.45, 2.75) is 56.4 Å². The summed E-state index contributed by atoms with van der Waals surface area (Å²) in [6.07, 6.45) is 7.72. The molecule has 0 amide bonds. The Bertz CT molecular complexity index is 285. The minimum atomic E-state index is 0.248. The fourth-order valence-corrected chi connectivity index (χ4v) is 5.88. The molecule has 1 aliphatic carbocycles. The summed E-state index contributed by atoms with van der Waals surface area (Å²) in [6, 6.07) is 0. The quantitative estimate of drug-likeness (QED) is 0.664. The van der Waals surface area contributed by atoms with Crippen LogP contribution < -0.4 is 0 Å². The number of hydrogen-bond donors (Lipinski definition) is 0. The normalized spacial score (nSPS) is 44.3. The van der Waals surface area contributed by atoms with Crippen molar-refractivity contribution in [3.8, 4) is 0 Å². The number of hydrogen-bond acceptors (Lipinski definition) is 2. The van der Waals surface area contributed by atoms with E-state index in [-0.39, 0.29) is 5.60 Å². The maximum atomic E-state index is 6.42. The summed E-state index contributed by atoms with van der Waals surface area (Å²) in [7, 11) is 0. The lowest BCUT2D eigenvalue weighted by atomic mass is 9.73. The smallest absolute Gasteiger partial charge is 0.0701 e. The van der Waals surface area contributed by atoms with Crippen molar-refractivity contribution >= 4 is 23.4 Å². The van der Waals surface area contributed by atoms with Crippen LogP contribution in [0.25, 0.3) is 0 Å². The van der Waals surface area contributed by atoms with Crippen molar-refractivity contribution in [2.24, 2.45) is 17.8 Å². The van der Waals surface area contributed by atoms with Gasteiger partial charge in [0.05, 0.1) is 5.60 Å². The van der Waals surface area contributed by atoms with Crippen molar-refractivity contribution in [1.82, 2.24) is 0 Å². The predicted molar refractivity (Wildman–Crippen MR) is 79.5 cm³/mol.